The first kappa shape index (κ1) is 12.6. The van der Waals surface area contributed by atoms with Crippen LogP contribution in [0.2, 0.25) is 0 Å². The van der Waals surface area contributed by atoms with Gasteiger partial charge in [-0.2, -0.15) is 5.10 Å². The molecule has 1 aromatic rings. The number of nitrogens with zero attached hydrogens (tertiary/aromatic N) is 4. The number of amides is 1. The van der Waals surface area contributed by atoms with Crippen LogP contribution in [0.25, 0.3) is 0 Å². The summed E-state index contributed by atoms with van der Waals surface area (Å²) in [7, 11) is 1.87. The van der Waals surface area contributed by atoms with Crippen molar-refractivity contribution in [2.24, 2.45) is 0 Å². The highest BCUT2D eigenvalue weighted by atomic mass is 16.2. The Bertz CT molecular complexity index is 483. The third kappa shape index (κ3) is 2.36. The molecule has 1 amide bonds. The van der Waals surface area contributed by atoms with Crippen LogP contribution in [0.4, 0.5) is 0 Å². The summed E-state index contributed by atoms with van der Waals surface area (Å²) in [6.45, 7) is 3.76. The largest absolute Gasteiger partial charge is 0.344 e. The number of carbonyl (C=O) groups is 1. The number of aryl methyl sites for hydroxylation is 2. The predicted octanol–water partition coefficient (Wildman–Crippen LogP) is -0.0244. The van der Waals surface area contributed by atoms with Crippen molar-refractivity contribution in [1.82, 2.24) is 25.0 Å². The Balaban J connectivity index is 1.64. The van der Waals surface area contributed by atoms with E-state index < -0.39 is 0 Å². The van der Waals surface area contributed by atoms with Crippen molar-refractivity contribution in [3.05, 3.63) is 11.6 Å². The monoisotopic (exact) mass is 263 g/mol. The first-order valence-electron chi connectivity index (χ1n) is 7.11. The van der Waals surface area contributed by atoms with Crippen LogP contribution < -0.4 is 5.32 Å². The van der Waals surface area contributed by atoms with Crippen LogP contribution in [0.15, 0.2) is 0 Å². The van der Waals surface area contributed by atoms with Gasteiger partial charge in [0.2, 0.25) is 5.91 Å². The van der Waals surface area contributed by atoms with Crippen molar-refractivity contribution in [3.63, 3.8) is 0 Å². The van der Waals surface area contributed by atoms with Crippen LogP contribution in [-0.4, -0.2) is 51.2 Å². The van der Waals surface area contributed by atoms with Crippen molar-refractivity contribution >= 4 is 5.91 Å². The Hall–Kier alpha value is -1.43. The molecule has 0 saturated carbocycles. The van der Waals surface area contributed by atoms with E-state index >= 15 is 0 Å². The molecule has 0 radical (unpaired) electrons. The number of hydrogen-bond acceptors (Lipinski definition) is 4. The van der Waals surface area contributed by atoms with Crippen LogP contribution >= 0.6 is 0 Å². The number of hydrogen-bond donors (Lipinski definition) is 1. The molecule has 2 aliphatic heterocycles. The summed E-state index contributed by atoms with van der Waals surface area (Å²) in [5.74, 6) is 2.23. The maximum absolute atomic E-state index is 11.9. The second-order valence-corrected chi connectivity index (χ2v) is 5.48. The highest BCUT2D eigenvalue weighted by molar-refractivity contribution is 5.83. The number of likely N-dealkylation sites (tertiary alicyclic amines) is 1. The molecule has 6 heteroatoms. The Morgan fingerprint density at radius 2 is 2.26 bits per heavy atom. The van der Waals surface area contributed by atoms with Gasteiger partial charge in [0.15, 0.2) is 5.82 Å². The van der Waals surface area contributed by atoms with E-state index in [0.29, 0.717) is 6.04 Å². The topological polar surface area (TPSA) is 63.1 Å². The summed E-state index contributed by atoms with van der Waals surface area (Å²) in [6, 6.07) is 0.324. The minimum absolute atomic E-state index is 0.00860. The zero-order valence-corrected chi connectivity index (χ0v) is 11.6. The van der Waals surface area contributed by atoms with Crippen LogP contribution in [0.3, 0.4) is 0 Å². The van der Waals surface area contributed by atoms with E-state index in [1.807, 2.05) is 11.7 Å². The molecule has 1 fully saturated rings. The predicted molar refractivity (Wildman–Crippen MR) is 70.7 cm³/mol. The molecule has 3 heterocycles. The van der Waals surface area contributed by atoms with Gasteiger partial charge in [0, 0.05) is 32.5 Å². The molecule has 0 aromatic carbocycles. The van der Waals surface area contributed by atoms with Gasteiger partial charge in [0.25, 0.3) is 0 Å². The zero-order valence-electron chi connectivity index (χ0n) is 11.6. The van der Waals surface area contributed by atoms with Gasteiger partial charge in [0.1, 0.15) is 5.82 Å². The molecule has 104 valence electrons. The maximum Gasteiger partial charge on any atom is 0.239 e. The summed E-state index contributed by atoms with van der Waals surface area (Å²) in [5, 5.41) is 7.98. The molecule has 2 aliphatic rings. The van der Waals surface area contributed by atoms with Crippen molar-refractivity contribution in [1.29, 1.82) is 0 Å². The standard InChI is InChI=1S/C13H21N5O/c1-3-11-15-12-5-4-9(8-18(12)16-11)14-10-6-7-17(2)13(10)19/h9-10,14H,3-8H2,1-2H3. The molecule has 19 heavy (non-hydrogen) atoms. The molecule has 2 atom stereocenters. The quantitative estimate of drug-likeness (QED) is 0.832. The van der Waals surface area contributed by atoms with Crippen molar-refractivity contribution in [2.75, 3.05) is 13.6 Å². The lowest BCUT2D eigenvalue weighted by molar-refractivity contribution is -0.128. The van der Waals surface area contributed by atoms with E-state index in [0.717, 1.165) is 50.4 Å². The lowest BCUT2D eigenvalue weighted by Crippen LogP contribution is -2.46. The number of aromatic nitrogens is 3. The minimum Gasteiger partial charge on any atom is -0.344 e. The number of fused-ring (bicyclic) bond motifs is 1. The van der Waals surface area contributed by atoms with E-state index in [1.54, 1.807) is 4.90 Å². The van der Waals surface area contributed by atoms with Crippen LogP contribution in [0.5, 0.6) is 0 Å². The summed E-state index contributed by atoms with van der Waals surface area (Å²) >= 11 is 0. The molecule has 6 nitrogen and oxygen atoms in total. The maximum atomic E-state index is 11.9. The van der Waals surface area contributed by atoms with Gasteiger partial charge in [-0.25, -0.2) is 9.67 Å². The van der Waals surface area contributed by atoms with E-state index in [4.69, 9.17) is 0 Å². The third-order valence-electron chi connectivity index (χ3n) is 4.08. The highest BCUT2D eigenvalue weighted by Gasteiger charge is 2.32. The summed E-state index contributed by atoms with van der Waals surface area (Å²) in [4.78, 5) is 18.2. The Morgan fingerprint density at radius 3 is 2.95 bits per heavy atom. The molecular formula is C13H21N5O. The molecule has 3 rings (SSSR count). The molecule has 0 bridgehead atoms. The van der Waals surface area contributed by atoms with Crippen LogP contribution in [-0.2, 0) is 24.2 Å². The lowest BCUT2D eigenvalue weighted by Gasteiger charge is -2.26. The smallest absolute Gasteiger partial charge is 0.239 e. The van der Waals surface area contributed by atoms with Gasteiger partial charge in [-0.3, -0.25) is 4.79 Å². The zero-order chi connectivity index (χ0) is 13.4. The van der Waals surface area contributed by atoms with E-state index in [-0.39, 0.29) is 11.9 Å². The molecule has 1 N–H and O–H groups in total. The molecule has 1 saturated heterocycles. The van der Waals surface area contributed by atoms with Gasteiger partial charge >= 0.3 is 0 Å². The Kier molecular flexibility index (Phi) is 3.26. The number of carbonyl (C=O) groups excluding carboxylic acids is 1. The second kappa shape index (κ2) is 4.92. The van der Waals surface area contributed by atoms with Gasteiger partial charge in [-0.15, -0.1) is 0 Å². The van der Waals surface area contributed by atoms with Crippen LogP contribution in [0, 0.1) is 0 Å². The minimum atomic E-state index is -0.00860. The third-order valence-corrected chi connectivity index (χ3v) is 4.08. The average Bonchev–Trinajstić information content (AvgIpc) is 2.96. The van der Waals surface area contributed by atoms with E-state index in [2.05, 4.69) is 22.3 Å². The Labute approximate surface area is 113 Å². The highest BCUT2D eigenvalue weighted by Crippen LogP contribution is 2.16. The fraction of sp³-hybridized carbons (Fsp3) is 0.769. The fourth-order valence-electron chi connectivity index (χ4n) is 2.91. The molecule has 0 aliphatic carbocycles. The van der Waals surface area contributed by atoms with Gasteiger partial charge in [-0.05, 0) is 12.8 Å². The number of nitrogens with one attached hydrogen (secondary N) is 1. The van der Waals surface area contributed by atoms with Gasteiger partial charge in [-0.1, -0.05) is 6.92 Å². The fourth-order valence-corrected chi connectivity index (χ4v) is 2.91. The molecule has 2 unspecified atom stereocenters. The SMILES string of the molecule is CCc1nc2n(n1)CC(NC1CCN(C)C1=O)CC2. The molecule has 1 aromatic heterocycles. The average molecular weight is 263 g/mol. The molecular weight excluding hydrogens is 242 g/mol. The first-order valence-corrected chi connectivity index (χ1v) is 7.11. The van der Waals surface area contributed by atoms with E-state index in [1.165, 1.54) is 0 Å². The molecule has 0 spiro atoms. The number of likely N-dealkylation sites (N-methyl/N-ethyl adjacent to an activating group) is 1. The van der Waals surface area contributed by atoms with Gasteiger partial charge in [0.05, 0.1) is 12.6 Å². The van der Waals surface area contributed by atoms with Crippen molar-refractivity contribution < 1.29 is 4.79 Å². The van der Waals surface area contributed by atoms with Crippen molar-refractivity contribution in [3.8, 4) is 0 Å². The summed E-state index contributed by atoms with van der Waals surface area (Å²) in [5.41, 5.74) is 0. The first-order chi connectivity index (χ1) is 9.17. The van der Waals surface area contributed by atoms with Crippen LogP contribution in [0.1, 0.15) is 31.4 Å². The Morgan fingerprint density at radius 1 is 1.42 bits per heavy atom. The van der Waals surface area contributed by atoms with E-state index in [9.17, 15) is 4.79 Å². The normalized spacial score (nSPS) is 26.8. The van der Waals surface area contributed by atoms with Gasteiger partial charge < -0.3 is 10.2 Å². The summed E-state index contributed by atoms with van der Waals surface area (Å²) < 4.78 is 2.00. The summed E-state index contributed by atoms with van der Waals surface area (Å²) in [6.07, 6.45) is 3.77. The lowest BCUT2D eigenvalue weighted by atomic mass is 10.1. The van der Waals surface area contributed by atoms with Crippen molar-refractivity contribution in [2.45, 2.75) is 51.2 Å². The number of rotatable bonds is 3. The second-order valence-electron chi connectivity index (χ2n) is 5.48.